The molecule has 0 bridgehead atoms. The van der Waals surface area contributed by atoms with E-state index in [2.05, 4.69) is 4.72 Å². The maximum absolute atomic E-state index is 11.9. The number of sulfonamides is 1. The van der Waals surface area contributed by atoms with Gasteiger partial charge in [-0.05, 0) is 30.2 Å². The van der Waals surface area contributed by atoms with Crippen LogP contribution in [0.5, 0.6) is 0 Å². The molecule has 0 aliphatic rings. The third-order valence-electron chi connectivity index (χ3n) is 2.64. The Labute approximate surface area is 115 Å². The van der Waals surface area contributed by atoms with Crippen molar-refractivity contribution in [2.24, 2.45) is 0 Å². The lowest BCUT2D eigenvalue weighted by atomic mass is 10.2. The van der Waals surface area contributed by atoms with Crippen LogP contribution in [0.3, 0.4) is 0 Å². The number of benzene rings is 1. The Hall–Kier alpha value is -2.19. The smallest absolute Gasteiger partial charge is 0.269 e. The van der Waals surface area contributed by atoms with Gasteiger partial charge in [0.1, 0.15) is 0 Å². The Kier molecular flexibility index (Phi) is 4.16. The number of nitro benzene ring substituents is 1. The van der Waals surface area contributed by atoms with E-state index in [4.69, 9.17) is 4.42 Å². The third kappa shape index (κ3) is 3.43. The summed E-state index contributed by atoms with van der Waals surface area (Å²) in [6, 6.07) is 6.48. The Morgan fingerprint density at radius 3 is 2.45 bits per heavy atom. The van der Waals surface area contributed by atoms with Crippen molar-refractivity contribution in [1.82, 2.24) is 4.72 Å². The van der Waals surface area contributed by atoms with Crippen molar-refractivity contribution in [2.75, 3.05) is 6.54 Å². The number of rotatable bonds is 6. The van der Waals surface area contributed by atoms with Gasteiger partial charge in [0, 0.05) is 18.7 Å². The van der Waals surface area contributed by atoms with Gasteiger partial charge in [-0.3, -0.25) is 10.1 Å². The van der Waals surface area contributed by atoms with Gasteiger partial charge in [0.2, 0.25) is 10.0 Å². The normalized spacial score (nSPS) is 11.4. The molecule has 2 aromatic rings. The molecule has 0 aliphatic heterocycles. The van der Waals surface area contributed by atoms with E-state index in [1.54, 1.807) is 12.3 Å². The van der Waals surface area contributed by atoms with Crippen molar-refractivity contribution in [1.29, 1.82) is 0 Å². The Balaban J connectivity index is 2.00. The maximum Gasteiger partial charge on any atom is 0.269 e. The molecule has 1 N–H and O–H groups in total. The largest absolute Gasteiger partial charge is 0.472 e. The van der Waals surface area contributed by atoms with E-state index in [-0.39, 0.29) is 17.1 Å². The second-order valence-corrected chi connectivity index (χ2v) is 5.80. The van der Waals surface area contributed by atoms with Crippen LogP contribution in [0.25, 0.3) is 0 Å². The van der Waals surface area contributed by atoms with Crippen LogP contribution in [-0.2, 0) is 16.4 Å². The molecule has 1 heterocycles. The zero-order valence-electron chi connectivity index (χ0n) is 10.4. The van der Waals surface area contributed by atoms with E-state index in [0.29, 0.717) is 6.42 Å². The molecule has 1 aromatic carbocycles. The molecule has 106 valence electrons. The van der Waals surface area contributed by atoms with Crippen LogP contribution in [0.1, 0.15) is 5.56 Å². The van der Waals surface area contributed by atoms with Gasteiger partial charge in [0.05, 0.1) is 22.3 Å². The zero-order chi connectivity index (χ0) is 14.6. The van der Waals surface area contributed by atoms with Crippen molar-refractivity contribution in [2.45, 2.75) is 11.3 Å². The highest BCUT2D eigenvalue weighted by Crippen LogP contribution is 2.15. The summed E-state index contributed by atoms with van der Waals surface area (Å²) in [6.07, 6.45) is 3.56. The van der Waals surface area contributed by atoms with E-state index in [1.165, 1.54) is 18.4 Å². The summed E-state index contributed by atoms with van der Waals surface area (Å²) in [5.41, 5.74) is 0.735. The van der Waals surface area contributed by atoms with Crippen molar-refractivity contribution in [3.05, 3.63) is 58.5 Å². The van der Waals surface area contributed by atoms with Crippen LogP contribution >= 0.6 is 0 Å². The Bertz CT molecular complexity index is 677. The van der Waals surface area contributed by atoms with Gasteiger partial charge >= 0.3 is 0 Å². The molecule has 0 saturated carbocycles. The lowest BCUT2D eigenvalue weighted by Gasteiger charge is -2.05. The van der Waals surface area contributed by atoms with Gasteiger partial charge in [-0.15, -0.1) is 0 Å². The molecule has 0 spiro atoms. The van der Waals surface area contributed by atoms with Gasteiger partial charge in [-0.1, -0.05) is 0 Å². The second kappa shape index (κ2) is 5.85. The fourth-order valence-corrected chi connectivity index (χ4v) is 2.63. The fraction of sp³-hybridized carbons (Fsp3) is 0.167. The molecule has 0 atom stereocenters. The summed E-state index contributed by atoms with van der Waals surface area (Å²) < 4.78 is 31.2. The molecule has 20 heavy (non-hydrogen) atoms. The predicted octanol–water partition coefficient (Wildman–Crippen LogP) is 1.71. The van der Waals surface area contributed by atoms with Gasteiger partial charge in [0.15, 0.2) is 0 Å². The van der Waals surface area contributed by atoms with E-state index >= 15 is 0 Å². The van der Waals surface area contributed by atoms with Crippen molar-refractivity contribution >= 4 is 15.7 Å². The molecule has 0 unspecified atom stereocenters. The summed E-state index contributed by atoms with van der Waals surface area (Å²) in [7, 11) is -3.66. The number of nitrogens with zero attached hydrogens (tertiary/aromatic N) is 1. The standard InChI is InChI=1S/C12H12N2O5S/c15-14(16)11-1-3-12(4-2-11)20(17,18)13-7-5-10-6-8-19-9-10/h1-4,6,8-9,13H,5,7H2. The quantitative estimate of drug-likeness (QED) is 0.645. The maximum atomic E-state index is 11.9. The first kappa shape index (κ1) is 14.2. The third-order valence-corrected chi connectivity index (χ3v) is 4.12. The van der Waals surface area contributed by atoms with Crippen LogP contribution in [-0.4, -0.2) is 19.9 Å². The van der Waals surface area contributed by atoms with E-state index < -0.39 is 14.9 Å². The molecular formula is C12H12N2O5S. The van der Waals surface area contributed by atoms with Gasteiger partial charge in [0.25, 0.3) is 5.69 Å². The molecule has 1 aromatic heterocycles. The molecule has 0 saturated heterocycles. The summed E-state index contributed by atoms with van der Waals surface area (Å²) in [6.45, 7) is 0.221. The summed E-state index contributed by atoms with van der Waals surface area (Å²) >= 11 is 0. The zero-order valence-corrected chi connectivity index (χ0v) is 11.2. The molecular weight excluding hydrogens is 284 g/mol. The van der Waals surface area contributed by atoms with Gasteiger partial charge < -0.3 is 4.42 Å². The minimum absolute atomic E-state index is 0.00436. The number of nitrogens with one attached hydrogen (secondary N) is 1. The van der Waals surface area contributed by atoms with Crippen LogP contribution in [0.2, 0.25) is 0 Å². The van der Waals surface area contributed by atoms with Gasteiger partial charge in [-0.2, -0.15) is 0 Å². The lowest BCUT2D eigenvalue weighted by Crippen LogP contribution is -2.25. The van der Waals surface area contributed by atoms with E-state index in [1.807, 2.05) is 0 Å². The average molecular weight is 296 g/mol. The summed E-state index contributed by atoms with van der Waals surface area (Å²) in [4.78, 5) is 9.91. The van der Waals surface area contributed by atoms with Crippen molar-refractivity contribution in [3.8, 4) is 0 Å². The highest BCUT2D eigenvalue weighted by molar-refractivity contribution is 7.89. The van der Waals surface area contributed by atoms with Crippen LogP contribution in [0.15, 0.2) is 52.2 Å². The molecule has 7 nitrogen and oxygen atoms in total. The monoisotopic (exact) mass is 296 g/mol. The summed E-state index contributed by atoms with van der Waals surface area (Å²) in [5, 5.41) is 10.5. The van der Waals surface area contributed by atoms with Crippen molar-refractivity contribution in [3.63, 3.8) is 0 Å². The first-order valence-corrected chi connectivity index (χ1v) is 7.22. The second-order valence-electron chi connectivity index (χ2n) is 4.03. The highest BCUT2D eigenvalue weighted by atomic mass is 32.2. The predicted molar refractivity (Wildman–Crippen MR) is 70.7 cm³/mol. The SMILES string of the molecule is O=[N+]([O-])c1ccc(S(=O)(=O)NCCc2ccoc2)cc1. The highest BCUT2D eigenvalue weighted by Gasteiger charge is 2.15. The van der Waals surface area contributed by atoms with Crippen molar-refractivity contribution < 1.29 is 17.8 Å². The minimum Gasteiger partial charge on any atom is -0.472 e. The van der Waals surface area contributed by atoms with Crippen LogP contribution in [0, 0.1) is 10.1 Å². The van der Waals surface area contributed by atoms with E-state index in [0.717, 1.165) is 17.7 Å². The molecule has 2 rings (SSSR count). The molecule has 0 fully saturated rings. The first-order chi connectivity index (χ1) is 9.49. The van der Waals surface area contributed by atoms with E-state index in [9.17, 15) is 18.5 Å². The first-order valence-electron chi connectivity index (χ1n) is 5.74. The topological polar surface area (TPSA) is 102 Å². The average Bonchev–Trinajstić information content (AvgIpc) is 2.92. The van der Waals surface area contributed by atoms with Gasteiger partial charge in [-0.25, -0.2) is 13.1 Å². The number of nitro groups is 1. The minimum atomic E-state index is -3.66. The molecule has 8 heteroatoms. The lowest BCUT2D eigenvalue weighted by molar-refractivity contribution is -0.384. The molecule has 0 aliphatic carbocycles. The number of hydrogen-bond acceptors (Lipinski definition) is 5. The molecule has 0 amide bonds. The summed E-state index contributed by atoms with van der Waals surface area (Å²) in [5.74, 6) is 0. The fourth-order valence-electron chi connectivity index (χ4n) is 1.59. The Morgan fingerprint density at radius 1 is 1.20 bits per heavy atom. The number of non-ortho nitro benzene ring substituents is 1. The Morgan fingerprint density at radius 2 is 1.90 bits per heavy atom. The van der Waals surface area contributed by atoms with Crippen LogP contribution < -0.4 is 4.72 Å². The van der Waals surface area contributed by atoms with Crippen LogP contribution in [0.4, 0.5) is 5.69 Å². The number of hydrogen-bond donors (Lipinski definition) is 1. The number of furan rings is 1. The molecule has 0 radical (unpaired) electrons.